The molecule has 2 atom stereocenters. The van der Waals surface area contributed by atoms with E-state index in [1.807, 2.05) is 12.2 Å². The van der Waals surface area contributed by atoms with Gasteiger partial charge in [0.05, 0.1) is 0 Å². The number of nitro groups is 2. The standard InChI is InChI=1S/C18H32N2O5/c1-2-3-8-12-17(19(22)23)14-11-15-18(20(24)25)13-9-6-4-5-7-10-16-21/h6,9,16-18H,2-5,7-8,10-15H2,1H3. The van der Waals surface area contributed by atoms with Crippen LogP contribution in [-0.2, 0) is 4.79 Å². The van der Waals surface area contributed by atoms with Gasteiger partial charge in [0.25, 0.3) is 0 Å². The lowest BCUT2D eigenvalue weighted by Gasteiger charge is -2.11. The van der Waals surface area contributed by atoms with E-state index in [9.17, 15) is 25.0 Å². The third-order valence-electron chi connectivity index (χ3n) is 4.33. The van der Waals surface area contributed by atoms with Crippen LogP contribution in [0.25, 0.3) is 0 Å². The first kappa shape index (κ1) is 23.2. The van der Waals surface area contributed by atoms with Crippen molar-refractivity contribution in [1.82, 2.24) is 0 Å². The largest absolute Gasteiger partial charge is 0.303 e. The molecule has 0 spiro atoms. The fraction of sp³-hybridized carbons (Fsp3) is 0.833. The predicted octanol–water partition coefficient (Wildman–Crippen LogP) is 4.73. The zero-order chi connectivity index (χ0) is 18.9. The lowest BCUT2D eigenvalue weighted by Crippen LogP contribution is -2.22. The predicted molar refractivity (Wildman–Crippen MR) is 97.8 cm³/mol. The first-order chi connectivity index (χ1) is 12.0. The van der Waals surface area contributed by atoms with E-state index < -0.39 is 12.1 Å². The van der Waals surface area contributed by atoms with Crippen molar-refractivity contribution < 1.29 is 14.6 Å². The van der Waals surface area contributed by atoms with E-state index in [2.05, 4.69) is 6.92 Å². The van der Waals surface area contributed by atoms with Gasteiger partial charge in [0.15, 0.2) is 0 Å². The molecule has 0 bridgehead atoms. The normalized spacial score (nSPS) is 13.6. The Hall–Kier alpha value is -1.79. The molecule has 0 saturated heterocycles. The Morgan fingerprint density at radius 1 is 0.800 bits per heavy atom. The maximum Gasteiger partial charge on any atom is 0.216 e. The number of carbonyl (C=O) groups is 1. The molecule has 144 valence electrons. The fourth-order valence-electron chi connectivity index (χ4n) is 2.74. The smallest absolute Gasteiger partial charge is 0.216 e. The van der Waals surface area contributed by atoms with Gasteiger partial charge in [-0.3, -0.25) is 20.2 Å². The average molecular weight is 356 g/mol. The SMILES string of the molecule is CCCCCC(CCCC(CC=CCCCCC=O)[N+](=O)[O-])[N+](=O)[O-]. The highest BCUT2D eigenvalue weighted by Crippen LogP contribution is 2.16. The Bertz CT molecular complexity index is 412. The Kier molecular flexibility index (Phi) is 14.6. The highest BCUT2D eigenvalue weighted by Gasteiger charge is 2.23. The minimum Gasteiger partial charge on any atom is -0.303 e. The zero-order valence-electron chi connectivity index (χ0n) is 15.3. The molecule has 0 heterocycles. The quantitative estimate of drug-likeness (QED) is 0.123. The van der Waals surface area contributed by atoms with Crippen LogP contribution in [0.1, 0.15) is 84.0 Å². The summed E-state index contributed by atoms with van der Waals surface area (Å²) in [7, 11) is 0. The molecular formula is C18H32N2O5. The lowest BCUT2D eigenvalue weighted by molar-refractivity contribution is -0.529. The molecule has 0 rings (SSSR count). The van der Waals surface area contributed by atoms with Gasteiger partial charge in [-0.2, -0.15) is 0 Å². The van der Waals surface area contributed by atoms with E-state index in [-0.39, 0.29) is 9.85 Å². The summed E-state index contributed by atoms with van der Waals surface area (Å²) in [6.07, 6.45) is 12.8. The summed E-state index contributed by atoms with van der Waals surface area (Å²) >= 11 is 0. The van der Waals surface area contributed by atoms with Crippen LogP contribution in [0.2, 0.25) is 0 Å². The van der Waals surface area contributed by atoms with Gasteiger partial charge < -0.3 is 4.79 Å². The van der Waals surface area contributed by atoms with Crippen LogP contribution in [0.15, 0.2) is 12.2 Å². The van der Waals surface area contributed by atoms with Crippen molar-refractivity contribution in [3.05, 3.63) is 32.4 Å². The molecule has 25 heavy (non-hydrogen) atoms. The second-order valence-electron chi connectivity index (χ2n) is 6.46. The highest BCUT2D eigenvalue weighted by atomic mass is 16.6. The number of hydrogen-bond acceptors (Lipinski definition) is 5. The third-order valence-corrected chi connectivity index (χ3v) is 4.33. The summed E-state index contributed by atoms with van der Waals surface area (Å²) in [5.74, 6) is 0. The van der Waals surface area contributed by atoms with E-state index in [1.54, 1.807) is 0 Å². The summed E-state index contributed by atoms with van der Waals surface area (Å²) in [5.41, 5.74) is 0. The van der Waals surface area contributed by atoms with Gasteiger partial charge in [0, 0.05) is 42.0 Å². The van der Waals surface area contributed by atoms with Gasteiger partial charge in [0.1, 0.15) is 6.29 Å². The first-order valence-corrected chi connectivity index (χ1v) is 9.38. The van der Waals surface area contributed by atoms with Crippen molar-refractivity contribution in [2.75, 3.05) is 0 Å². The van der Waals surface area contributed by atoms with E-state index in [4.69, 9.17) is 0 Å². The van der Waals surface area contributed by atoms with Crippen molar-refractivity contribution >= 4 is 6.29 Å². The summed E-state index contributed by atoms with van der Waals surface area (Å²) in [6.45, 7) is 2.05. The van der Waals surface area contributed by atoms with Crippen LogP contribution in [-0.4, -0.2) is 28.2 Å². The minimum atomic E-state index is -0.672. The monoisotopic (exact) mass is 356 g/mol. The number of rotatable bonds is 17. The molecule has 0 amide bonds. The average Bonchev–Trinajstić information content (AvgIpc) is 2.57. The van der Waals surface area contributed by atoms with Crippen molar-refractivity contribution in [3.63, 3.8) is 0 Å². The maximum absolute atomic E-state index is 11.1. The van der Waals surface area contributed by atoms with E-state index >= 15 is 0 Å². The van der Waals surface area contributed by atoms with Gasteiger partial charge in [-0.25, -0.2) is 0 Å². The van der Waals surface area contributed by atoms with Gasteiger partial charge >= 0.3 is 0 Å². The van der Waals surface area contributed by atoms with Crippen molar-refractivity contribution in [3.8, 4) is 0 Å². The Labute approximate surface area is 150 Å². The molecule has 0 aromatic carbocycles. The number of allylic oxidation sites excluding steroid dienone is 1. The molecule has 0 aromatic heterocycles. The molecule has 0 saturated carbocycles. The van der Waals surface area contributed by atoms with Crippen LogP contribution in [0.5, 0.6) is 0 Å². The molecule has 7 nitrogen and oxygen atoms in total. The molecule has 0 radical (unpaired) electrons. The minimum absolute atomic E-state index is 0.240. The van der Waals surface area contributed by atoms with E-state index in [0.717, 1.165) is 44.8 Å². The second-order valence-corrected chi connectivity index (χ2v) is 6.46. The highest BCUT2D eigenvalue weighted by molar-refractivity contribution is 5.48. The van der Waals surface area contributed by atoms with Gasteiger partial charge in [-0.05, 0) is 32.1 Å². The molecule has 0 aromatic rings. The molecule has 2 unspecified atom stereocenters. The van der Waals surface area contributed by atoms with Gasteiger partial charge in [0.2, 0.25) is 12.1 Å². The number of nitrogens with zero attached hydrogens (tertiary/aromatic N) is 2. The molecule has 0 aliphatic carbocycles. The Morgan fingerprint density at radius 3 is 2.00 bits per heavy atom. The summed E-state index contributed by atoms with van der Waals surface area (Å²) < 4.78 is 0. The summed E-state index contributed by atoms with van der Waals surface area (Å²) in [4.78, 5) is 31.8. The molecule has 0 aliphatic heterocycles. The van der Waals surface area contributed by atoms with Crippen molar-refractivity contribution in [1.29, 1.82) is 0 Å². The topological polar surface area (TPSA) is 103 Å². The van der Waals surface area contributed by atoms with Crippen LogP contribution < -0.4 is 0 Å². The number of aldehydes is 1. The molecular weight excluding hydrogens is 324 g/mol. The summed E-state index contributed by atoms with van der Waals surface area (Å²) in [6, 6.07) is -1.25. The molecule has 0 aliphatic rings. The van der Waals surface area contributed by atoms with Crippen molar-refractivity contribution in [2.45, 2.75) is 96.1 Å². The van der Waals surface area contributed by atoms with Crippen LogP contribution in [0.3, 0.4) is 0 Å². The second kappa shape index (κ2) is 15.7. The molecule has 7 heteroatoms. The third kappa shape index (κ3) is 13.2. The van der Waals surface area contributed by atoms with Gasteiger partial charge in [-0.1, -0.05) is 31.9 Å². The van der Waals surface area contributed by atoms with Crippen LogP contribution >= 0.6 is 0 Å². The number of hydrogen-bond donors (Lipinski definition) is 0. The van der Waals surface area contributed by atoms with Crippen molar-refractivity contribution in [2.24, 2.45) is 0 Å². The van der Waals surface area contributed by atoms with Crippen LogP contribution in [0, 0.1) is 20.2 Å². The summed E-state index contributed by atoms with van der Waals surface area (Å²) in [5, 5.41) is 22.2. The number of unbranched alkanes of at least 4 members (excludes halogenated alkanes) is 5. The molecule has 0 fully saturated rings. The zero-order valence-corrected chi connectivity index (χ0v) is 15.3. The Balaban J connectivity index is 4.12. The van der Waals surface area contributed by atoms with Gasteiger partial charge in [-0.15, -0.1) is 0 Å². The number of carbonyl (C=O) groups excluding carboxylic acids is 1. The van der Waals surface area contributed by atoms with Crippen LogP contribution in [0.4, 0.5) is 0 Å². The molecule has 0 N–H and O–H groups in total. The fourth-order valence-corrected chi connectivity index (χ4v) is 2.74. The first-order valence-electron chi connectivity index (χ1n) is 9.38. The van der Waals surface area contributed by atoms with E-state index in [1.165, 1.54) is 0 Å². The lowest BCUT2D eigenvalue weighted by atomic mass is 10.00. The maximum atomic E-state index is 11.1. The van der Waals surface area contributed by atoms with E-state index in [0.29, 0.717) is 38.5 Å². The Morgan fingerprint density at radius 2 is 1.40 bits per heavy atom.